The van der Waals surface area contributed by atoms with E-state index in [0.29, 0.717) is 47.8 Å². The van der Waals surface area contributed by atoms with Crippen LogP contribution in [-0.2, 0) is 13.6 Å². The summed E-state index contributed by atoms with van der Waals surface area (Å²) in [6.07, 6.45) is 8.95. The van der Waals surface area contributed by atoms with Crippen LogP contribution in [0.25, 0.3) is 28.2 Å². The van der Waals surface area contributed by atoms with Gasteiger partial charge in [0.2, 0.25) is 5.88 Å². The molecule has 174 valence electrons. The Balaban J connectivity index is 1.25. The molecular formula is C22H24N10O2. The molecule has 0 spiro atoms. The zero-order valence-electron chi connectivity index (χ0n) is 19.1. The average Bonchev–Trinajstić information content (AvgIpc) is 3.63. The van der Waals surface area contributed by atoms with Gasteiger partial charge in [-0.25, -0.2) is 19.5 Å². The highest BCUT2D eigenvalue weighted by Gasteiger charge is 2.31. The number of H-pyrrole nitrogens is 1. The summed E-state index contributed by atoms with van der Waals surface area (Å²) in [5.74, 6) is 1.11. The Morgan fingerprint density at radius 3 is 2.97 bits per heavy atom. The average molecular weight is 461 g/mol. The Morgan fingerprint density at radius 2 is 2.15 bits per heavy atom. The van der Waals surface area contributed by atoms with Gasteiger partial charge < -0.3 is 14.2 Å². The zero-order valence-corrected chi connectivity index (χ0v) is 19.1. The smallest absolute Gasteiger partial charge is 0.259 e. The van der Waals surface area contributed by atoms with E-state index in [4.69, 9.17) is 9.72 Å². The van der Waals surface area contributed by atoms with Gasteiger partial charge in [0.05, 0.1) is 18.3 Å². The molecule has 0 saturated carbocycles. The Kier molecular flexibility index (Phi) is 4.61. The summed E-state index contributed by atoms with van der Waals surface area (Å²) >= 11 is 0. The Morgan fingerprint density at radius 1 is 1.26 bits per heavy atom. The summed E-state index contributed by atoms with van der Waals surface area (Å²) in [6.45, 7) is 5.93. The fourth-order valence-corrected chi connectivity index (χ4v) is 4.59. The number of aryl methyl sites for hydroxylation is 2. The number of ether oxygens (including phenoxy) is 1. The number of imidazole rings is 2. The van der Waals surface area contributed by atoms with E-state index in [0.717, 1.165) is 23.6 Å². The molecule has 0 bridgehead atoms. The zero-order chi connectivity index (χ0) is 23.4. The molecule has 6 rings (SSSR count). The van der Waals surface area contributed by atoms with Crippen molar-refractivity contribution in [3.8, 4) is 17.3 Å². The van der Waals surface area contributed by atoms with E-state index in [1.807, 2.05) is 29.4 Å². The number of nitrogens with one attached hydrogen (secondary N) is 1. The minimum Gasteiger partial charge on any atom is -0.471 e. The lowest BCUT2D eigenvalue weighted by molar-refractivity contribution is 0.0773. The predicted octanol–water partition coefficient (Wildman–Crippen LogP) is 1.82. The normalized spacial score (nSPS) is 16.2. The molecule has 5 aromatic heterocycles. The van der Waals surface area contributed by atoms with Crippen LogP contribution >= 0.6 is 0 Å². The van der Waals surface area contributed by atoms with Crippen LogP contribution in [0.5, 0.6) is 5.88 Å². The van der Waals surface area contributed by atoms with Gasteiger partial charge in [-0.3, -0.25) is 14.6 Å². The molecule has 1 amide bonds. The van der Waals surface area contributed by atoms with E-state index >= 15 is 0 Å². The molecule has 1 N–H and O–H groups in total. The van der Waals surface area contributed by atoms with Crippen molar-refractivity contribution in [1.29, 1.82) is 0 Å². The quantitative estimate of drug-likeness (QED) is 0.424. The van der Waals surface area contributed by atoms with Gasteiger partial charge in [-0.2, -0.15) is 10.1 Å². The monoisotopic (exact) mass is 460 g/mol. The van der Waals surface area contributed by atoms with Crippen molar-refractivity contribution in [3.63, 3.8) is 0 Å². The van der Waals surface area contributed by atoms with Crippen molar-refractivity contribution < 1.29 is 9.53 Å². The second-order valence-corrected chi connectivity index (χ2v) is 8.39. The first-order valence-corrected chi connectivity index (χ1v) is 11.2. The summed E-state index contributed by atoms with van der Waals surface area (Å²) in [7, 11) is 1.92. The minimum atomic E-state index is -0.188. The molecule has 1 aliphatic heterocycles. The Bertz CT molecular complexity index is 1520. The summed E-state index contributed by atoms with van der Waals surface area (Å²) in [5.41, 5.74) is 4.43. The van der Waals surface area contributed by atoms with Crippen molar-refractivity contribution in [2.24, 2.45) is 7.05 Å². The SMILES string of the molecule is CCn1ncc(-c2nc3c(O[C@H]4CCN(C(=O)c5c[nH]n6ccnc56)C4)ncnc3n2C)c1C. The predicted molar refractivity (Wildman–Crippen MR) is 122 cm³/mol. The molecule has 0 aromatic carbocycles. The lowest BCUT2D eigenvalue weighted by Gasteiger charge is -2.16. The second-order valence-electron chi connectivity index (χ2n) is 8.39. The van der Waals surface area contributed by atoms with Crippen molar-refractivity contribution in [2.45, 2.75) is 32.9 Å². The molecule has 0 unspecified atom stereocenters. The number of rotatable bonds is 5. The number of nitrogens with zero attached hydrogens (tertiary/aromatic N) is 9. The largest absolute Gasteiger partial charge is 0.471 e. The van der Waals surface area contributed by atoms with Gasteiger partial charge in [0.15, 0.2) is 16.8 Å². The third-order valence-electron chi connectivity index (χ3n) is 6.44. The first kappa shape index (κ1) is 20.4. The molecule has 1 aliphatic rings. The van der Waals surface area contributed by atoms with Gasteiger partial charge in [-0.1, -0.05) is 0 Å². The van der Waals surface area contributed by atoms with Crippen molar-refractivity contribution >= 4 is 22.7 Å². The van der Waals surface area contributed by atoms with E-state index in [9.17, 15) is 4.79 Å². The summed E-state index contributed by atoms with van der Waals surface area (Å²) < 4.78 is 11.8. The number of likely N-dealkylation sites (tertiary alicyclic amines) is 1. The number of hydrogen-bond donors (Lipinski definition) is 1. The van der Waals surface area contributed by atoms with Crippen molar-refractivity contribution in [2.75, 3.05) is 13.1 Å². The lowest BCUT2D eigenvalue weighted by atomic mass is 10.2. The molecule has 1 fully saturated rings. The summed E-state index contributed by atoms with van der Waals surface area (Å²) in [4.78, 5) is 32.7. The number of amides is 1. The molecular weight excluding hydrogens is 436 g/mol. The van der Waals surface area contributed by atoms with Gasteiger partial charge >= 0.3 is 0 Å². The molecule has 0 aliphatic carbocycles. The molecule has 5 aromatic rings. The number of carbonyl (C=O) groups is 1. The maximum Gasteiger partial charge on any atom is 0.259 e. The van der Waals surface area contributed by atoms with E-state index < -0.39 is 0 Å². The maximum atomic E-state index is 13.0. The standard InChI is InChI=1S/C22H24N10O2/c1-4-31-13(2)15(9-26-31)19-28-17-20(29(19)3)24-12-25-21(17)34-14-5-7-30(11-14)22(33)16-10-27-32-8-6-23-18(16)32/h6,8-10,12,14,27H,4-5,7,11H2,1-3H3/t14-/m0/s1. The molecule has 1 atom stereocenters. The lowest BCUT2D eigenvalue weighted by Crippen LogP contribution is -2.31. The molecule has 12 heteroatoms. The van der Waals surface area contributed by atoms with Crippen LogP contribution in [0.3, 0.4) is 0 Å². The number of hydrogen-bond acceptors (Lipinski definition) is 7. The van der Waals surface area contributed by atoms with Crippen molar-refractivity contribution in [1.82, 2.24) is 48.8 Å². The summed E-state index contributed by atoms with van der Waals surface area (Å²) in [5, 5.41) is 7.46. The van der Waals surface area contributed by atoms with Crippen LogP contribution in [0.2, 0.25) is 0 Å². The third-order valence-corrected chi connectivity index (χ3v) is 6.44. The molecule has 34 heavy (non-hydrogen) atoms. The fraction of sp³-hybridized carbons (Fsp3) is 0.364. The molecule has 12 nitrogen and oxygen atoms in total. The van der Waals surface area contributed by atoms with Gasteiger partial charge in [0.1, 0.15) is 23.8 Å². The van der Waals surface area contributed by atoms with Crippen LogP contribution in [-0.4, -0.2) is 73.9 Å². The number of fused-ring (bicyclic) bond motifs is 2. The second kappa shape index (κ2) is 7.68. The van der Waals surface area contributed by atoms with Crippen LogP contribution in [0.4, 0.5) is 0 Å². The van der Waals surface area contributed by atoms with Crippen LogP contribution < -0.4 is 4.74 Å². The van der Waals surface area contributed by atoms with Crippen LogP contribution in [0.1, 0.15) is 29.4 Å². The first-order valence-electron chi connectivity index (χ1n) is 11.2. The highest BCUT2D eigenvalue weighted by Crippen LogP contribution is 2.30. The molecule has 6 heterocycles. The van der Waals surface area contributed by atoms with Gasteiger partial charge in [-0.15, -0.1) is 0 Å². The Hall–Kier alpha value is -4.22. The number of aromatic amines is 1. The maximum absolute atomic E-state index is 13.0. The van der Waals surface area contributed by atoms with Crippen molar-refractivity contribution in [3.05, 3.63) is 42.4 Å². The molecule has 1 saturated heterocycles. The third kappa shape index (κ3) is 3.05. The minimum absolute atomic E-state index is 0.0695. The number of aromatic nitrogens is 9. The summed E-state index contributed by atoms with van der Waals surface area (Å²) in [6, 6.07) is 0. The Labute approximate surface area is 194 Å². The van der Waals surface area contributed by atoms with E-state index in [1.54, 1.807) is 28.0 Å². The topological polar surface area (TPSA) is 124 Å². The van der Waals surface area contributed by atoms with Gasteiger partial charge in [-0.05, 0) is 13.8 Å². The first-order chi connectivity index (χ1) is 16.5. The highest BCUT2D eigenvalue weighted by molar-refractivity contribution is 5.99. The van der Waals surface area contributed by atoms with E-state index in [2.05, 4.69) is 32.1 Å². The van der Waals surface area contributed by atoms with Crippen LogP contribution in [0.15, 0.2) is 31.1 Å². The highest BCUT2D eigenvalue weighted by atomic mass is 16.5. The molecule has 0 radical (unpaired) electrons. The fourth-order valence-electron chi connectivity index (χ4n) is 4.59. The number of carbonyl (C=O) groups excluding carboxylic acids is 1. The van der Waals surface area contributed by atoms with Gasteiger partial charge in [0.25, 0.3) is 5.91 Å². The van der Waals surface area contributed by atoms with E-state index in [-0.39, 0.29) is 12.0 Å². The van der Waals surface area contributed by atoms with Gasteiger partial charge in [0, 0.05) is 50.8 Å². The van der Waals surface area contributed by atoms with Crippen LogP contribution in [0, 0.1) is 6.92 Å². The van der Waals surface area contributed by atoms with E-state index in [1.165, 1.54) is 6.33 Å².